The molecular formula is C24H26FN6O5P. The molecule has 4 rings (SSSR count). The number of benzene rings is 2. The van der Waals surface area contributed by atoms with Crippen molar-refractivity contribution in [3.63, 3.8) is 0 Å². The van der Waals surface area contributed by atoms with Gasteiger partial charge in [0, 0.05) is 12.1 Å². The van der Waals surface area contributed by atoms with Gasteiger partial charge in [-0.05, 0) is 43.3 Å². The molecule has 0 aliphatic carbocycles. The number of nitrogen functional groups attached to an aromatic ring is 1. The Bertz CT molecular complexity index is 1390. The number of carbonyl (C=O) groups is 1. The molecule has 0 bridgehead atoms. The van der Waals surface area contributed by atoms with Crippen LogP contribution in [0.15, 0.2) is 67.3 Å². The van der Waals surface area contributed by atoms with E-state index >= 15 is 0 Å². The van der Waals surface area contributed by atoms with Crippen molar-refractivity contribution in [2.45, 2.75) is 19.6 Å². The van der Waals surface area contributed by atoms with Crippen molar-refractivity contribution in [1.29, 1.82) is 0 Å². The SMILES string of the molecule is CC(Cn1cnc2c(N)ncnc21)OCP(=O)(OCCNC(=O)c1ccc(F)cc1)Oc1ccccc1. The molecule has 0 fully saturated rings. The lowest BCUT2D eigenvalue weighted by atomic mass is 10.2. The van der Waals surface area contributed by atoms with Gasteiger partial charge >= 0.3 is 7.60 Å². The molecule has 0 aliphatic rings. The molecule has 0 aliphatic heterocycles. The van der Waals surface area contributed by atoms with Gasteiger partial charge in [-0.1, -0.05) is 18.2 Å². The zero-order chi connectivity index (χ0) is 26.3. The number of nitrogens with zero attached hydrogens (tertiary/aromatic N) is 4. The second-order valence-corrected chi connectivity index (χ2v) is 9.97. The number of ether oxygens (including phenoxy) is 1. The third-order valence-electron chi connectivity index (χ3n) is 5.17. The number of carbonyl (C=O) groups excluding carboxylic acids is 1. The molecule has 1 amide bonds. The number of hydrogen-bond donors (Lipinski definition) is 2. The number of aromatic nitrogens is 4. The van der Waals surface area contributed by atoms with Crippen LogP contribution >= 0.6 is 7.60 Å². The first kappa shape index (κ1) is 26.2. The third kappa shape index (κ3) is 7.10. The highest BCUT2D eigenvalue weighted by Gasteiger charge is 2.28. The second-order valence-electron chi connectivity index (χ2n) is 8.05. The Balaban J connectivity index is 1.35. The molecule has 0 saturated heterocycles. The van der Waals surface area contributed by atoms with Crippen LogP contribution in [0, 0.1) is 5.82 Å². The van der Waals surface area contributed by atoms with E-state index < -0.39 is 25.4 Å². The van der Waals surface area contributed by atoms with Gasteiger partial charge in [-0.3, -0.25) is 9.32 Å². The summed E-state index contributed by atoms with van der Waals surface area (Å²) in [5, 5.41) is 2.63. The first-order valence-electron chi connectivity index (χ1n) is 11.4. The maximum absolute atomic E-state index is 13.5. The molecule has 194 valence electrons. The second kappa shape index (κ2) is 11.9. The summed E-state index contributed by atoms with van der Waals surface area (Å²) in [7, 11) is -3.77. The third-order valence-corrected chi connectivity index (χ3v) is 6.70. The van der Waals surface area contributed by atoms with E-state index in [1.165, 1.54) is 30.6 Å². The van der Waals surface area contributed by atoms with Gasteiger partial charge in [0.25, 0.3) is 5.91 Å². The van der Waals surface area contributed by atoms with E-state index in [-0.39, 0.29) is 25.3 Å². The highest BCUT2D eigenvalue weighted by Crippen LogP contribution is 2.48. The van der Waals surface area contributed by atoms with Gasteiger partial charge in [0.15, 0.2) is 17.8 Å². The van der Waals surface area contributed by atoms with Crippen LogP contribution in [-0.2, 0) is 20.4 Å². The summed E-state index contributed by atoms with van der Waals surface area (Å²) in [6, 6.07) is 13.7. The Morgan fingerprint density at radius 1 is 1.14 bits per heavy atom. The Morgan fingerprint density at radius 3 is 2.65 bits per heavy atom. The van der Waals surface area contributed by atoms with Crippen LogP contribution in [0.1, 0.15) is 17.3 Å². The molecule has 0 saturated carbocycles. The number of halogens is 1. The monoisotopic (exact) mass is 528 g/mol. The fourth-order valence-electron chi connectivity index (χ4n) is 3.37. The molecule has 2 atom stereocenters. The predicted octanol–water partition coefficient (Wildman–Crippen LogP) is 3.63. The van der Waals surface area contributed by atoms with Gasteiger partial charge in [0.1, 0.15) is 23.4 Å². The fourth-order valence-corrected chi connectivity index (χ4v) is 4.79. The summed E-state index contributed by atoms with van der Waals surface area (Å²) < 4.78 is 45.4. The largest absolute Gasteiger partial charge is 0.423 e. The summed E-state index contributed by atoms with van der Waals surface area (Å²) in [4.78, 5) is 24.6. The molecule has 4 aromatic rings. The van der Waals surface area contributed by atoms with Crippen molar-refractivity contribution in [2.75, 3.05) is 25.2 Å². The number of anilines is 1. The van der Waals surface area contributed by atoms with Crippen molar-refractivity contribution in [2.24, 2.45) is 0 Å². The zero-order valence-electron chi connectivity index (χ0n) is 20.0. The van der Waals surface area contributed by atoms with Crippen LogP contribution in [-0.4, -0.2) is 51.0 Å². The number of para-hydroxylation sites is 1. The molecular weight excluding hydrogens is 502 g/mol. The molecule has 13 heteroatoms. The van der Waals surface area contributed by atoms with Crippen molar-refractivity contribution < 1.29 is 27.5 Å². The van der Waals surface area contributed by atoms with Crippen LogP contribution in [0.25, 0.3) is 11.2 Å². The Hall–Kier alpha value is -3.86. The average Bonchev–Trinajstić information content (AvgIpc) is 3.30. The smallest absolute Gasteiger partial charge is 0.404 e. The molecule has 2 heterocycles. The normalized spacial score (nSPS) is 13.7. The highest BCUT2D eigenvalue weighted by molar-refractivity contribution is 7.54. The maximum atomic E-state index is 13.5. The average molecular weight is 528 g/mol. The minimum absolute atomic E-state index is 0.0516. The van der Waals surface area contributed by atoms with Gasteiger partial charge in [-0.25, -0.2) is 23.9 Å². The standard InChI is InChI=1S/C24H26FN6O5P/c1-17(13-31-15-30-21-22(26)28-14-29-23(21)31)34-16-37(33,36-20-5-3-2-4-6-20)35-12-11-27-24(32)18-7-9-19(25)10-8-18/h2-10,14-15,17H,11-13,16H2,1H3,(H,27,32)(H2,26,28,29). The molecule has 3 N–H and O–H groups in total. The molecule has 11 nitrogen and oxygen atoms in total. The molecule has 2 aromatic heterocycles. The van der Waals surface area contributed by atoms with Crippen LogP contribution < -0.4 is 15.6 Å². The minimum atomic E-state index is -3.77. The lowest BCUT2D eigenvalue weighted by Crippen LogP contribution is -2.27. The number of nitrogens with two attached hydrogens (primary N) is 1. The number of amides is 1. The van der Waals surface area contributed by atoms with E-state index in [1.54, 1.807) is 48.1 Å². The number of fused-ring (bicyclic) bond motifs is 1. The Morgan fingerprint density at radius 2 is 1.89 bits per heavy atom. The predicted molar refractivity (Wildman–Crippen MR) is 135 cm³/mol. The van der Waals surface area contributed by atoms with Gasteiger partial charge in [0.05, 0.1) is 25.6 Å². The zero-order valence-corrected chi connectivity index (χ0v) is 20.9. The van der Waals surface area contributed by atoms with E-state index in [0.29, 0.717) is 29.0 Å². The van der Waals surface area contributed by atoms with E-state index in [2.05, 4.69) is 20.3 Å². The topological polar surface area (TPSA) is 143 Å². The van der Waals surface area contributed by atoms with Crippen molar-refractivity contribution in [3.05, 3.63) is 78.6 Å². The van der Waals surface area contributed by atoms with Gasteiger partial charge < -0.3 is 24.9 Å². The summed E-state index contributed by atoms with van der Waals surface area (Å²) >= 11 is 0. The van der Waals surface area contributed by atoms with E-state index in [4.69, 9.17) is 19.5 Å². The lowest BCUT2D eigenvalue weighted by Gasteiger charge is -2.22. The summed E-state index contributed by atoms with van der Waals surface area (Å²) in [6.45, 7) is 2.10. The van der Waals surface area contributed by atoms with Crippen LogP contribution in [0.3, 0.4) is 0 Å². The summed E-state index contributed by atoms with van der Waals surface area (Å²) in [5.41, 5.74) is 7.17. The van der Waals surface area contributed by atoms with Gasteiger partial charge in [-0.15, -0.1) is 0 Å². The van der Waals surface area contributed by atoms with Gasteiger partial charge in [0.2, 0.25) is 0 Å². The van der Waals surface area contributed by atoms with Crippen LogP contribution in [0.4, 0.5) is 10.2 Å². The lowest BCUT2D eigenvalue weighted by molar-refractivity contribution is 0.0726. The maximum Gasteiger partial charge on any atom is 0.404 e. The molecule has 2 unspecified atom stereocenters. The molecule has 37 heavy (non-hydrogen) atoms. The number of hydrogen-bond acceptors (Lipinski definition) is 9. The first-order valence-corrected chi connectivity index (χ1v) is 13.1. The summed E-state index contributed by atoms with van der Waals surface area (Å²) in [5.74, 6) is -0.223. The molecule has 0 radical (unpaired) electrons. The van der Waals surface area contributed by atoms with E-state index in [9.17, 15) is 13.8 Å². The summed E-state index contributed by atoms with van der Waals surface area (Å²) in [6.07, 6.45) is 2.18. The van der Waals surface area contributed by atoms with Crippen LogP contribution in [0.5, 0.6) is 5.75 Å². The van der Waals surface area contributed by atoms with Crippen LogP contribution in [0.2, 0.25) is 0 Å². The number of imidazole rings is 1. The highest BCUT2D eigenvalue weighted by atomic mass is 31.2. The Labute approximate surface area is 212 Å². The molecule has 0 spiro atoms. The minimum Gasteiger partial charge on any atom is -0.423 e. The fraction of sp³-hybridized carbons (Fsp3) is 0.250. The quantitative estimate of drug-likeness (QED) is 0.208. The van der Waals surface area contributed by atoms with Gasteiger partial charge in [-0.2, -0.15) is 0 Å². The van der Waals surface area contributed by atoms with Crippen molar-refractivity contribution >= 4 is 30.5 Å². The number of rotatable bonds is 12. The van der Waals surface area contributed by atoms with Crippen molar-refractivity contribution in [3.8, 4) is 5.75 Å². The van der Waals surface area contributed by atoms with E-state index in [1.807, 2.05) is 0 Å². The number of nitrogens with one attached hydrogen (secondary N) is 1. The Kier molecular flexibility index (Phi) is 8.44. The first-order chi connectivity index (χ1) is 17.8. The molecule has 2 aromatic carbocycles. The van der Waals surface area contributed by atoms with Crippen molar-refractivity contribution in [1.82, 2.24) is 24.8 Å². The van der Waals surface area contributed by atoms with E-state index in [0.717, 1.165) is 0 Å².